The normalized spacial score (nSPS) is 15.7. The maximum absolute atomic E-state index is 12.8. The molecule has 2 radical (unpaired) electrons. The molecular weight excluding hydrogens is 181 g/mol. The van der Waals surface area contributed by atoms with E-state index in [0.29, 0.717) is 0 Å². The van der Waals surface area contributed by atoms with Crippen LogP contribution in [-0.4, -0.2) is 13.0 Å². The molecule has 0 fully saturated rings. The van der Waals surface area contributed by atoms with Crippen LogP contribution in [0.2, 0.25) is 0 Å². The van der Waals surface area contributed by atoms with E-state index < -0.39 is 16.5 Å². The topological polar surface area (TPSA) is 20.2 Å². The van der Waals surface area contributed by atoms with Crippen molar-refractivity contribution < 1.29 is 13.9 Å². The molecular formula is C7H5BF2OS. The van der Waals surface area contributed by atoms with Crippen LogP contribution in [0.4, 0.5) is 8.78 Å². The summed E-state index contributed by atoms with van der Waals surface area (Å²) in [6.07, 6.45) is 0. The van der Waals surface area contributed by atoms with E-state index in [4.69, 9.17) is 13.0 Å². The Hall–Kier alpha value is -0.545. The number of halogens is 2. The van der Waals surface area contributed by atoms with Crippen LogP contribution in [0.5, 0.6) is 0 Å². The monoisotopic (exact) mass is 186 g/mol. The highest BCUT2D eigenvalue weighted by molar-refractivity contribution is 7.82. The van der Waals surface area contributed by atoms with Crippen molar-refractivity contribution in [2.75, 3.05) is 0 Å². The summed E-state index contributed by atoms with van der Waals surface area (Å²) in [7, 11) is 5.04. The quantitative estimate of drug-likeness (QED) is 0.383. The van der Waals surface area contributed by atoms with Gasteiger partial charge in [-0.2, -0.15) is 12.6 Å². The Bertz CT molecular complexity index is 298. The van der Waals surface area contributed by atoms with Crippen molar-refractivity contribution in [2.45, 2.75) is 4.83 Å². The fraction of sp³-hybridized carbons (Fsp3) is 0.143. The Morgan fingerprint density at radius 3 is 2.42 bits per heavy atom. The molecule has 0 aromatic heterocycles. The highest BCUT2D eigenvalue weighted by atomic mass is 32.1. The molecule has 1 nitrogen and oxygen atoms in total. The number of hydrogen-bond donors (Lipinski definition) is 2. The maximum Gasteiger partial charge on any atom is 0.164 e. The first-order valence-electron chi connectivity index (χ1n) is 3.11. The lowest BCUT2D eigenvalue weighted by molar-refractivity contribution is 0.221. The Morgan fingerprint density at radius 2 is 2.00 bits per heavy atom. The summed E-state index contributed by atoms with van der Waals surface area (Å²) in [6.45, 7) is 0. The summed E-state index contributed by atoms with van der Waals surface area (Å²) < 4.78 is 25.4. The average molecular weight is 186 g/mol. The predicted octanol–water partition coefficient (Wildman–Crippen LogP) is 1.17. The van der Waals surface area contributed by atoms with Crippen LogP contribution in [0.1, 0.15) is 5.56 Å². The summed E-state index contributed by atoms with van der Waals surface area (Å²) in [5, 5.41) is 9.03. The summed E-state index contributed by atoms with van der Waals surface area (Å²) in [6, 6.07) is 3.32. The lowest BCUT2D eigenvalue weighted by Crippen LogP contribution is -2.20. The van der Waals surface area contributed by atoms with Gasteiger partial charge in [-0.15, -0.1) is 0 Å². The van der Waals surface area contributed by atoms with Crippen molar-refractivity contribution >= 4 is 20.5 Å². The standard InChI is InChI=1S/C7H5BF2OS/c8-7(11,12)4-2-1-3-5(9)6(4)10/h1-3,11-12H. The Labute approximate surface area is 75.2 Å². The molecule has 1 aromatic rings. The Kier molecular flexibility index (Phi) is 2.44. The van der Waals surface area contributed by atoms with Crippen LogP contribution in [0.15, 0.2) is 18.2 Å². The summed E-state index contributed by atoms with van der Waals surface area (Å²) >= 11 is 3.49. The largest absolute Gasteiger partial charge is 0.385 e. The van der Waals surface area contributed by atoms with Crippen molar-refractivity contribution in [3.05, 3.63) is 35.4 Å². The second kappa shape index (κ2) is 3.07. The Balaban J connectivity index is 3.26. The molecule has 0 aliphatic heterocycles. The maximum atomic E-state index is 12.8. The number of benzene rings is 1. The molecule has 0 saturated heterocycles. The van der Waals surface area contributed by atoms with E-state index in [1.165, 1.54) is 6.07 Å². The lowest BCUT2D eigenvalue weighted by Gasteiger charge is -2.17. The number of aliphatic hydroxyl groups is 1. The van der Waals surface area contributed by atoms with E-state index in [2.05, 4.69) is 12.6 Å². The first-order chi connectivity index (χ1) is 5.43. The van der Waals surface area contributed by atoms with Gasteiger partial charge < -0.3 is 5.11 Å². The first kappa shape index (κ1) is 9.54. The van der Waals surface area contributed by atoms with Gasteiger partial charge in [0, 0.05) is 5.56 Å². The minimum Gasteiger partial charge on any atom is -0.385 e. The highest BCUT2D eigenvalue weighted by Crippen LogP contribution is 2.25. The van der Waals surface area contributed by atoms with Crippen LogP contribution in [0.25, 0.3) is 0 Å². The van der Waals surface area contributed by atoms with Gasteiger partial charge >= 0.3 is 0 Å². The second-order valence-electron chi connectivity index (χ2n) is 2.33. The fourth-order valence-corrected chi connectivity index (χ4v) is 0.961. The minimum atomic E-state index is -2.15. The van der Waals surface area contributed by atoms with E-state index in [1.54, 1.807) is 0 Å². The molecule has 1 rings (SSSR count). The van der Waals surface area contributed by atoms with Crippen LogP contribution >= 0.6 is 12.6 Å². The molecule has 5 heteroatoms. The van der Waals surface area contributed by atoms with Crippen LogP contribution in [-0.2, 0) is 4.83 Å². The van der Waals surface area contributed by atoms with Crippen LogP contribution in [0.3, 0.4) is 0 Å². The molecule has 0 saturated carbocycles. The third kappa shape index (κ3) is 1.79. The number of thiol groups is 1. The molecule has 1 aromatic carbocycles. The van der Waals surface area contributed by atoms with Gasteiger partial charge in [0.25, 0.3) is 0 Å². The minimum absolute atomic E-state index is 0.383. The third-order valence-electron chi connectivity index (χ3n) is 1.35. The van der Waals surface area contributed by atoms with Crippen molar-refractivity contribution in [1.82, 2.24) is 0 Å². The van der Waals surface area contributed by atoms with Gasteiger partial charge in [-0.25, -0.2) is 8.78 Å². The van der Waals surface area contributed by atoms with E-state index in [-0.39, 0.29) is 5.56 Å². The molecule has 0 bridgehead atoms. The number of rotatable bonds is 1. The van der Waals surface area contributed by atoms with Crippen molar-refractivity contribution in [3.8, 4) is 0 Å². The first-order valence-corrected chi connectivity index (χ1v) is 3.56. The summed E-state index contributed by atoms with van der Waals surface area (Å²) in [5.41, 5.74) is -0.383. The smallest absolute Gasteiger partial charge is 0.164 e. The predicted molar refractivity (Wildman–Crippen MR) is 45.0 cm³/mol. The van der Waals surface area contributed by atoms with Gasteiger partial charge in [0.15, 0.2) is 11.6 Å². The molecule has 1 atom stereocenters. The molecule has 0 aliphatic carbocycles. The van der Waals surface area contributed by atoms with Gasteiger partial charge in [0.2, 0.25) is 0 Å². The second-order valence-corrected chi connectivity index (χ2v) is 3.01. The molecule has 12 heavy (non-hydrogen) atoms. The molecule has 1 N–H and O–H groups in total. The molecule has 0 aliphatic rings. The third-order valence-corrected chi connectivity index (χ3v) is 1.59. The molecule has 62 valence electrons. The van der Waals surface area contributed by atoms with Gasteiger partial charge in [0.05, 0.1) is 4.83 Å². The van der Waals surface area contributed by atoms with Crippen molar-refractivity contribution in [1.29, 1.82) is 0 Å². The zero-order valence-corrected chi connectivity index (χ0v) is 6.85. The Morgan fingerprint density at radius 1 is 1.42 bits per heavy atom. The fourth-order valence-electron chi connectivity index (χ4n) is 0.788. The summed E-state index contributed by atoms with van der Waals surface area (Å²) in [5.74, 6) is -2.25. The van der Waals surface area contributed by atoms with Gasteiger partial charge in [-0.05, 0) is 6.07 Å². The van der Waals surface area contributed by atoms with Crippen molar-refractivity contribution in [2.24, 2.45) is 0 Å². The van der Waals surface area contributed by atoms with E-state index in [0.717, 1.165) is 12.1 Å². The van der Waals surface area contributed by atoms with Gasteiger partial charge in [-0.1, -0.05) is 12.1 Å². The zero-order valence-electron chi connectivity index (χ0n) is 5.96. The summed E-state index contributed by atoms with van der Waals surface area (Å²) in [4.78, 5) is -2.15. The van der Waals surface area contributed by atoms with Crippen LogP contribution in [0, 0.1) is 11.6 Å². The van der Waals surface area contributed by atoms with Crippen molar-refractivity contribution in [3.63, 3.8) is 0 Å². The van der Waals surface area contributed by atoms with E-state index in [1.807, 2.05) is 0 Å². The molecule has 0 amide bonds. The van der Waals surface area contributed by atoms with E-state index >= 15 is 0 Å². The zero-order chi connectivity index (χ0) is 9.35. The SMILES string of the molecule is [B]C(O)(S)c1cccc(F)c1F. The molecule has 0 heterocycles. The lowest BCUT2D eigenvalue weighted by atomic mass is 9.91. The average Bonchev–Trinajstić information content (AvgIpc) is 1.92. The van der Waals surface area contributed by atoms with E-state index in [9.17, 15) is 8.78 Å². The highest BCUT2D eigenvalue weighted by Gasteiger charge is 2.22. The molecule has 0 spiro atoms. The van der Waals surface area contributed by atoms with Gasteiger partial charge in [0.1, 0.15) is 7.85 Å². The number of hydrogen-bond acceptors (Lipinski definition) is 2. The molecule has 1 unspecified atom stereocenters. The van der Waals surface area contributed by atoms with Gasteiger partial charge in [-0.3, -0.25) is 0 Å². The van der Waals surface area contributed by atoms with Crippen LogP contribution < -0.4 is 0 Å².